The smallest absolute Gasteiger partial charge is 0.136 e. The van der Waals surface area contributed by atoms with E-state index in [1.807, 2.05) is 0 Å². The molecule has 0 saturated heterocycles. The van der Waals surface area contributed by atoms with Crippen LogP contribution in [0.3, 0.4) is 0 Å². The van der Waals surface area contributed by atoms with E-state index in [-0.39, 0.29) is 6.61 Å². The minimum absolute atomic E-state index is 0.193. The van der Waals surface area contributed by atoms with Crippen LogP contribution in [-0.2, 0) is 0 Å². The molecule has 0 aliphatic carbocycles. The van der Waals surface area contributed by atoms with Crippen molar-refractivity contribution in [3.63, 3.8) is 0 Å². The van der Waals surface area contributed by atoms with Crippen molar-refractivity contribution in [3.8, 4) is 0 Å². The molecule has 15 heavy (non-hydrogen) atoms. The number of thiocarbonyl (C=S) groups is 1. The van der Waals surface area contributed by atoms with Crippen molar-refractivity contribution in [1.29, 1.82) is 0 Å². The van der Waals surface area contributed by atoms with Gasteiger partial charge in [-0.1, -0.05) is 50.7 Å². The Morgan fingerprint density at radius 1 is 1.20 bits per heavy atom. The van der Waals surface area contributed by atoms with E-state index in [4.69, 9.17) is 17.3 Å². The number of hydrogen-bond acceptors (Lipinski definition) is 3. The average molecular weight is 249 g/mol. The summed E-state index contributed by atoms with van der Waals surface area (Å²) < 4.78 is 0.950. The van der Waals surface area contributed by atoms with E-state index < -0.39 is 0 Å². The van der Waals surface area contributed by atoms with E-state index in [0.29, 0.717) is 6.54 Å². The van der Waals surface area contributed by atoms with Gasteiger partial charge in [0.1, 0.15) is 4.32 Å². The first-order valence-corrected chi connectivity index (χ1v) is 7.18. The average Bonchev–Trinajstić information content (AvgIpc) is 2.24. The second-order valence-corrected chi connectivity index (χ2v) is 5.26. The van der Waals surface area contributed by atoms with Crippen LogP contribution in [0.2, 0.25) is 0 Å². The summed E-state index contributed by atoms with van der Waals surface area (Å²) in [4.78, 5) is 2.12. The fourth-order valence-corrected chi connectivity index (χ4v) is 2.56. The van der Waals surface area contributed by atoms with Crippen molar-refractivity contribution in [2.75, 3.05) is 25.4 Å². The van der Waals surface area contributed by atoms with Gasteiger partial charge in [-0.2, -0.15) is 0 Å². The van der Waals surface area contributed by atoms with Gasteiger partial charge in [-0.3, -0.25) is 0 Å². The third-order valence-corrected chi connectivity index (χ3v) is 3.74. The lowest BCUT2D eigenvalue weighted by Gasteiger charge is -2.23. The second kappa shape index (κ2) is 10.7. The van der Waals surface area contributed by atoms with Crippen molar-refractivity contribution in [1.82, 2.24) is 4.90 Å². The van der Waals surface area contributed by atoms with E-state index in [2.05, 4.69) is 18.7 Å². The van der Waals surface area contributed by atoms with Crippen LogP contribution < -0.4 is 0 Å². The van der Waals surface area contributed by atoms with Crippen LogP contribution >= 0.6 is 24.0 Å². The molecule has 0 heterocycles. The van der Waals surface area contributed by atoms with E-state index in [0.717, 1.165) is 23.0 Å². The summed E-state index contributed by atoms with van der Waals surface area (Å²) in [5.41, 5.74) is 0. The Bertz CT molecular complexity index is 165. The summed E-state index contributed by atoms with van der Waals surface area (Å²) in [6.45, 7) is 6.21. The van der Waals surface area contributed by atoms with Crippen LogP contribution in [0.25, 0.3) is 0 Å². The van der Waals surface area contributed by atoms with E-state index in [9.17, 15) is 0 Å². The fraction of sp³-hybridized carbons (Fsp3) is 0.909. The van der Waals surface area contributed by atoms with Gasteiger partial charge in [-0.25, -0.2) is 0 Å². The first-order valence-electron chi connectivity index (χ1n) is 5.78. The van der Waals surface area contributed by atoms with Crippen LogP contribution in [0.15, 0.2) is 0 Å². The molecule has 2 nitrogen and oxygen atoms in total. The van der Waals surface area contributed by atoms with Gasteiger partial charge in [0.05, 0.1) is 6.61 Å². The minimum Gasteiger partial charge on any atom is -0.395 e. The normalized spacial score (nSPS) is 10.3. The van der Waals surface area contributed by atoms with Crippen LogP contribution in [0, 0.1) is 0 Å². The first kappa shape index (κ1) is 15.2. The summed E-state index contributed by atoms with van der Waals surface area (Å²) in [6.07, 6.45) is 4.74. The van der Waals surface area contributed by atoms with Gasteiger partial charge in [0.2, 0.25) is 0 Å². The Balaban J connectivity index is 3.81. The van der Waals surface area contributed by atoms with Gasteiger partial charge in [-0.05, 0) is 12.8 Å². The van der Waals surface area contributed by atoms with Crippen molar-refractivity contribution >= 4 is 28.3 Å². The Kier molecular flexibility index (Phi) is 10.9. The molecule has 0 atom stereocenters. The van der Waals surface area contributed by atoms with Gasteiger partial charge in [0.15, 0.2) is 0 Å². The summed E-state index contributed by atoms with van der Waals surface area (Å²) >= 11 is 7.09. The molecule has 0 amide bonds. The number of aliphatic hydroxyl groups excluding tert-OH is 1. The Morgan fingerprint density at radius 3 is 2.40 bits per heavy atom. The SMILES string of the molecule is CCCCSC(=S)N(CCO)CCCC. The molecule has 0 aliphatic rings. The number of hydrogen-bond donors (Lipinski definition) is 1. The lowest BCUT2D eigenvalue weighted by atomic mass is 10.3. The molecular formula is C11H23NOS2. The quantitative estimate of drug-likeness (QED) is 0.528. The van der Waals surface area contributed by atoms with Crippen molar-refractivity contribution in [2.24, 2.45) is 0 Å². The van der Waals surface area contributed by atoms with Crippen molar-refractivity contribution < 1.29 is 5.11 Å². The molecule has 1 N–H and O–H groups in total. The highest BCUT2D eigenvalue weighted by Gasteiger charge is 2.08. The monoisotopic (exact) mass is 249 g/mol. The molecule has 0 radical (unpaired) electrons. The number of thioether (sulfide) groups is 1. The molecule has 0 aliphatic heterocycles. The Labute approximate surface area is 103 Å². The van der Waals surface area contributed by atoms with Gasteiger partial charge in [-0.15, -0.1) is 0 Å². The molecule has 90 valence electrons. The summed E-state index contributed by atoms with van der Waals surface area (Å²) in [6, 6.07) is 0. The number of aliphatic hydroxyl groups is 1. The van der Waals surface area contributed by atoms with Gasteiger partial charge >= 0.3 is 0 Å². The topological polar surface area (TPSA) is 23.5 Å². The zero-order valence-corrected chi connectivity index (χ0v) is 11.5. The predicted molar refractivity (Wildman–Crippen MR) is 73.5 cm³/mol. The van der Waals surface area contributed by atoms with Crippen LogP contribution in [0.4, 0.5) is 0 Å². The number of rotatable bonds is 8. The predicted octanol–water partition coefficient (Wildman–Crippen LogP) is 2.90. The highest BCUT2D eigenvalue weighted by Crippen LogP contribution is 2.12. The van der Waals surface area contributed by atoms with Crippen molar-refractivity contribution in [2.45, 2.75) is 39.5 Å². The third kappa shape index (κ3) is 8.05. The lowest BCUT2D eigenvalue weighted by Crippen LogP contribution is -2.31. The zero-order valence-electron chi connectivity index (χ0n) is 9.87. The van der Waals surface area contributed by atoms with Gasteiger partial charge < -0.3 is 10.0 Å². The molecule has 0 aromatic heterocycles. The van der Waals surface area contributed by atoms with Crippen molar-refractivity contribution in [3.05, 3.63) is 0 Å². The first-order chi connectivity index (χ1) is 7.26. The fourth-order valence-electron chi connectivity index (χ4n) is 1.16. The highest BCUT2D eigenvalue weighted by molar-refractivity contribution is 8.22. The molecule has 0 unspecified atom stereocenters. The van der Waals surface area contributed by atoms with Gasteiger partial charge in [0.25, 0.3) is 0 Å². The molecule has 0 bridgehead atoms. The van der Waals surface area contributed by atoms with E-state index in [1.54, 1.807) is 11.8 Å². The zero-order chi connectivity index (χ0) is 11.5. The second-order valence-electron chi connectivity index (χ2n) is 3.53. The highest BCUT2D eigenvalue weighted by atomic mass is 32.2. The standard InChI is InChI=1S/C11H23NOS2/c1-3-5-7-12(8-9-13)11(14)15-10-6-4-2/h13H,3-10H2,1-2H3. The number of nitrogens with zero attached hydrogens (tertiary/aromatic N) is 1. The van der Waals surface area contributed by atoms with E-state index >= 15 is 0 Å². The number of unbranched alkanes of at least 4 members (excludes halogenated alkanes) is 2. The molecule has 0 aromatic carbocycles. The Hall–Kier alpha value is 0.200. The molecule has 0 rings (SSSR count). The summed E-state index contributed by atoms with van der Waals surface area (Å²) in [7, 11) is 0. The third-order valence-electron chi connectivity index (χ3n) is 2.13. The maximum Gasteiger partial charge on any atom is 0.136 e. The van der Waals surface area contributed by atoms with Gasteiger partial charge in [0, 0.05) is 18.8 Å². The molecular weight excluding hydrogens is 226 g/mol. The largest absolute Gasteiger partial charge is 0.395 e. The maximum atomic E-state index is 8.95. The minimum atomic E-state index is 0.193. The summed E-state index contributed by atoms with van der Waals surface area (Å²) in [5, 5.41) is 8.95. The Morgan fingerprint density at radius 2 is 1.87 bits per heavy atom. The molecule has 0 fully saturated rings. The maximum absolute atomic E-state index is 8.95. The lowest BCUT2D eigenvalue weighted by molar-refractivity contribution is 0.251. The molecule has 0 spiro atoms. The molecule has 4 heteroatoms. The van der Waals surface area contributed by atoms with E-state index in [1.165, 1.54) is 19.3 Å². The van der Waals surface area contributed by atoms with Crippen LogP contribution in [-0.4, -0.2) is 39.8 Å². The molecule has 0 saturated carbocycles. The van der Waals surface area contributed by atoms with Crippen LogP contribution in [0.5, 0.6) is 0 Å². The summed E-state index contributed by atoms with van der Waals surface area (Å²) in [5.74, 6) is 1.10. The van der Waals surface area contributed by atoms with Crippen LogP contribution in [0.1, 0.15) is 39.5 Å². The molecule has 0 aromatic rings.